The Kier molecular flexibility index (Phi) is 4.78. The smallest absolute Gasteiger partial charge is 0.345 e. The molecule has 0 saturated carbocycles. The van der Waals surface area contributed by atoms with Gasteiger partial charge in [0.25, 0.3) is 0 Å². The SMILES string of the molecule is C=CCN(C(C)(C)C)S(=O)(=O)c1cc(C(=O)O)sc1C. The molecule has 5 nitrogen and oxygen atoms in total. The number of aryl methyl sites for hydroxylation is 1. The van der Waals surface area contributed by atoms with E-state index in [0.29, 0.717) is 4.88 Å². The largest absolute Gasteiger partial charge is 0.477 e. The highest BCUT2D eigenvalue weighted by atomic mass is 32.2. The summed E-state index contributed by atoms with van der Waals surface area (Å²) < 4.78 is 26.7. The summed E-state index contributed by atoms with van der Waals surface area (Å²) in [5.41, 5.74) is -0.620. The molecule has 0 atom stereocenters. The van der Waals surface area contributed by atoms with Crippen LogP contribution in [0.2, 0.25) is 0 Å². The minimum Gasteiger partial charge on any atom is -0.477 e. The zero-order valence-corrected chi connectivity index (χ0v) is 13.6. The maximum atomic E-state index is 12.7. The molecule has 112 valence electrons. The fraction of sp³-hybridized carbons (Fsp3) is 0.462. The first kappa shape index (κ1) is 16.9. The first-order valence-electron chi connectivity index (χ1n) is 5.99. The van der Waals surface area contributed by atoms with Gasteiger partial charge in [0.05, 0.1) is 4.90 Å². The average Bonchev–Trinajstić information content (AvgIpc) is 2.67. The second-order valence-corrected chi connectivity index (χ2v) is 8.42. The van der Waals surface area contributed by atoms with Gasteiger partial charge in [0.2, 0.25) is 10.0 Å². The molecule has 0 radical (unpaired) electrons. The monoisotopic (exact) mass is 317 g/mol. The normalized spacial score (nSPS) is 12.7. The number of aromatic carboxylic acids is 1. The summed E-state index contributed by atoms with van der Waals surface area (Å²) in [5, 5.41) is 8.98. The Morgan fingerprint density at radius 1 is 1.50 bits per heavy atom. The Hall–Kier alpha value is -1.18. The van der Waals surface area contributed by atoms with Gasteiger partial charge >= 0.3 is 5.97 Å². The van der Waals surface area contributed by atoms with Gasteiger partial charge in [0.15, 0.2) is 0 Å². The Bertz CT molecular complexity index is 623. The molecule has 0 unspecified atom stereocenters. The molecule has 0 bridgehead atoms. The van der Waals surface area contributed by atoms with Gasteiger partial charge in [-0.2, -0.15) is 4.31 Å². The lowest BCUT2D eigenvalue weighted by atomic mass is 10.1. The molecule has 0 amide bonds. The third-order valence-corrected chi connectivity index (χ3v) is 6.12. The number of carbonyl (C=O) groups is 1. The van der Waals surface area contributed by atoms with Crippen molar-refractivity contribution in [1.29, 1.82) is 0 Å². The third kappa shape index (κ3) is 3.28. The minimum absolute atomic E-state index is 0.0218. The Balaban J connectivity index is 3.41. The van der Waals surface area contributed by atoms with Crippen molar-refractivity contribution in [3.05, 3.63) is 28.5 Å². The van der Waals surface area contributed by atoms with Gasteiger partial charge in [-0.3, -0.25) is 0 Å². The second-order valence-electron chi connectivity index (χ2n) is 5.33. The van der Waals surface area contributed by atoms with Crippen molar-refractivity contribution >= 4 is 27.3 Å². The van der Waals surface area contributed by atoms with Crippen molar-refractivity contribution in [2.75, 3.05) is 6.54 Å². The van der Waals surface area contributed by atoms with Crippen molar-refractivity contribution < 1.29 is 18.3 Å². The number of thiophene rings is 1. The van der Waals surface area contributed by atoms with Gasteiger partial charge in [-0.1, -0.05) is 6.08 Å². The number of carboxylic acids is 1. The number of sulfonamides is 1. The van der Waals surface area contributed by atoms with E-state index in [1.807, 2.05) is 0 Å². The van der Waals surface area contributed by atoms with Gasteiger partial charge in [0, 0.05) is 17.0 Å². The van der Waals surface area contributed by atoms with E-state index in [1.165, 1.54) is 16.4 Å². The zero-order valence-electron chi connectivity index (χ0n) is 12.0. The van der Waals surface area contributed by atoms with Crippen LogP contribution in [0.15, 0.2) is 23.6 Å². The molecule has 1 aromatic rings. The van der Waals surface area contributed by atoms with Crippen molar-refractivity contribution in [2.45, 2.75) is 38.1 Å². The quantitative estimate of drug-likeness (QED) is 0.847. The predicted octanol–water partition coefficient (Wildman–Crippen LogP) is 2.73. The molecule has 0 aliphatic heterocycles. The first-order valence-corrected chi connectivity index (χ1v) is 8.25. The van der Waals surface area contributed by atoms with Crippen LogP contribution in [0, 0.1) is 6.92 Å². The number of nitrogens with zero attached hydrogens (tertiary/aromatic N) is 1. The standard InChI is InChI=1S/C13H19NO4S2/c1-6-7-14(13(3,4)5)20(17,18)11-8-10(12(15)16)19-9(11)2/h6,8H,1,7H2,2-5H3,(H,15,16). The van der Waals surface area contributed by atoms with Gasteiger partial charge in [-0.25, -0.2) is 13.2 Å². The van der Waals surface area contributed by atoms with E-state index in [1.54, 1.807) is 27.7 Å². The maximum Gasteiger partial charge on any atom is 0.345 e. The first-order chi connectivity index (χ1) is 9.01. The third-order valence-electron chi connectivity index (χ3n) is 2.69. The van der Waals surface area contributed by atoms with Crippen LogP contribution >= 0.6 is 11.3 Å². The molecule has 1 heterocycles. The lowest BCUT2D eigenvalue weighted by Crippen LogP contribution is -2.45. The molecule has 20 heavy (non-hydrogen) atoms. The van der Waals surface area contributed by atoms with E-state index in [-0.39, 0.29) is 16.3 Å². The molecular weight excluding hydrogens is 298 g/mol. The summed E-state index contributed by atoms with van der Waals surface area (Å²) in [7, 11) is -3.76. The summed E-state index contributed by atoms with van der Waals surface area (Å²) in [6, 6.07) is 1.22. The number of hydrogen-bond acceptors (Lipinski definition) is 4. The van der Waals surface area contributed by atoms with E-state index in [0.717, 1.165) is 11.3 Å². The van der Waals surface area contributed by atoms with Crippen LogP contribution in [0.4, 0.5) is 0 Å². The van der Waals surface area contributed by atoms with E-state index in [4.69, 9.17) is 5.11 Å². The summed E-state index contributed by atoms with van der Waals surface area (Å²) in [6.45, 7) is 10.7. The molecule has 0 fully saturated rings. The second kappa shape index (κ2) is 5.67. The van der Waals surface area contributed by atoms with E-state index in [9.17, 15) is 13.2 Å². The van der Waals surface area contributed by atoms with Crippen LogP contribution in [-0.4, -0.2) is 35.9 Å². The number of carboxylic acid groups (broad SMARTS) is 1. The molecule has 0 spiro atoms. The predicted molar refractivity (Wildman–Crippen MR) is 79.9 cm³/mol. The minimum atomic E-state index is -3.76. The molecule has 1 aromatic heterocycles. The molecule has 0 saturated heterocycles. The molecule has 1 N–H and O–H groups in total. The maximum absolute atomic E-state index is 12.7. The Morgan fingerprint density at radius 3 is 2.40 bits per heavy atom. The topological polar surface area (TPSA) is 74.7 Å². The molecular formula is C13H19NO4S2. The van der Waals surface area contributed by atoms with Gasteiger partial charge in [-0.15, -0.1) is 17.9 Å². The van der Waals surface area contributed by atoms with Crippen LogP contribution in [0.25, 0.3) is 0 Å². The lowest BCUT2D eigenvalue weighted by Gasteiger charge is -2.33. The average molecular weight is 317 g/mol. The summed E-state index contributed by atoms with van der Waals surface area (Å²) in [6.07, 6.45) is 1.52. The Morgan fingerprint density at radius 2 is 2.05 bits per heavy atom. The summed E-state index contributed by atoms with van der Waals surface area (Å²) in [4.78, 5) is 11.5. The molecule has 0 aromatic carbocycles. The summed E-state index contributed by atoms with van der Waals surface area (Å²) in [5.74, 6) is -1.12. The highest BCUT2D eigenvalue weighted by molar-refractivity contribution is 7.89. The summed E-state index contributed by atoms with van der Waals surface area (Å²) >= 11 is 0.964. The van der Waals surface area contributed by atoms with E-state index < -0.39 is 21.5 Å². The zero-order chi connectivity index (χ0) is 15.7. The van der Waals surface area contributed by atoms with Crippen LogP contribution in [-0.2, 0) is 10.0 Å². The van der Waals surface area contributed by atoms with Crippen molar-refractivity contribution in [1.82, 2.24) is 4.31 Å². The van der Waals surface area contributed by atoms with Gasteiger partial charge in [-0.05, 0) is 33.8 Å². The highest BCUT2D eigenvalue weighted by Gasteiger charge is 2.35. The number of rotatable bonds is 5. The molecule has 0 aliphatic carbocycles. The van der Waals surface area contributed by atoms with Crippen LogP contribution in [0.3, 0.4) is 0 Å². The van der Waals surface area contributed by atoms with Crippen molar-refractivity contribution in [3.63, 3.8) is 0 Å². The Labute approximate surface area is 123 Å². The molecule has 1 rings (SSSR count). The van der Waals surface area contributed by atoms with Gasteiger partial charge in [0.1, 0.15) is 4.88 Å². The van der Waals surface area contributed by atoms with Crippen LogP contribution in [0.5, 0.6) is 0 Å². The van der Waals surface area contributed by atoms with Crippen molar-refractivity contribution in [2.24, 2.45) is 0 Å². The lowest BCUT2D eigenvalue weighted by molar-refractivity contribution is 0.0702. The molecule has 7 heteroatoms. The van der Waals surface area contributed by atoms with E-state index >= 15 is 0 Å². The van der Waals surface area contributed by atoms with Crippen LogP contribution in [0.1, 0.15) is 35.3 Å². The fourth-order valence-corrected chi connectivity index (χ4v) is 4.95. The van der Waals surface area contributed by atoms with Gasteiger partial charge < -0.3 is 5.11 Å². The molecule has 0 aliphatic rings. The number of hydrogen-bond donors (Lipinski definition) is 1. The highest BCUT2D eigenvalue weighted by Crippen LogP contribution is 2.31. The van der Waals surface area contributed by atoms with Crippen LogP contribution < -0.4 is 0 Å². The van der Waals surface area contributed by atoms with Crippen molar-refractivity contribution in [3.8, 4) is 0 Å². The van der Waals surface area contributed by atoms with E-state index in [2.05, 4.69) is 6.58 Å². The fourth-order valence-electron chi connectivity index (χ4n) is 1.80.